The Bertz CT molecular complexity index is 1110. The Labute approximate surface area is 222 Å². The molecule has 174 valence electrons. The quantitative estimate of drug-likeness (QED) is 0.204. The van der Waals surface area contributed by atoms with Gasteiger partial charge in [0.2, 0.25) is 0 Å². The third-order valence-electron chi connectivity index (χ3n) is 5.33. The molecular weight excluding hydrogens is 783 g/mol. The molecular formula is C24H33N3S3Sn3. The molecule has 0 aliphatic rings. The third kappa shape index (κ3) is 6.26. The van der Waals surface area contributed by atoms with E-state index in [2.05, 4.69) is 80.9 Å². The van der Waals surface area contributed by atoms with Crippen molar-refractivity contribution < 1.29 is 0 Å². The molecule has 0 aliphatic heterocycles. The second kappa shape index (κ2) is 9.76. The van der Waals surface area contributed by atoms with Crippen molar-refractivity contribution >= 4 is 97.8 Å². The van der Waals surface area contributed by atoms with Gasteiger partial charge < -0.3 is 0 Å². The molecule has 4 heterocycles. The van der Waals surface area contributed by atoms with Crippen molar-refractivity contribution in [1.82, 2.24) is 15.0 Å². The van der Waals surface area contributed by atoms with Gasteiger partial charge in [-0.2, -0.15) is 0 Å². The molecule has 0 radical (unpaired) electrons. The van der Waals surface area contributed by atoms with Gasteiger partial charge in [0, 0.05) is 0 Å². The molecule has 0 aromatic carbocycles. The first-order valence-corrected chi connectivity index (χ1v) is 43.7. The molecule has 0 saturated heterocycles. The van der Waals surface area contributed by atoms with E-state index < -0.39 is 55.1 Å². The predicted octanol–water partition coefficient (Wildman–Crippen LogP) is 6.69. The van der Waals surface area contributed by atoms with Crippen LogP contribution in [-0.4, -0.2) is 70.1 Å². The van der Waals surface area contributed by atoms with Crippen LogP contribution in [0.25, 0.3) is 32.1 Å². The molecule has 4 aromatic heterocycles. The van der Waals surface area contributed by atoms with Crippen molar-refractivity contribution in [3.8, 4) is 32.1 Å². The molecule has 0 N–H and O–H groups in total. The fraction of sp³-hybridized carbons (Fsp3) is 0.375. The van der Waals surface area contributed by atoms with Crippen LogP contribution in [0.15, 0.2) is 36.4 Å². The molecule has 0 bridgehead atoms. The maximum absolute atomic E-state index is 5.01. The Morgan fingerprint density at radius 2 is 0.667 bits per heavy atom. The zero-order valence-electron chi connectivity index (χ0n) is 21.0. The number of thiophene rings is 3. The van der Waals surface area contributed by atoms with Gasteiger partial charge in [-0.15, -0.1) is 0 Å². The van der Waals surface area contributed by atoms with Gasteiger partial charge in [-0.3, -0.25) is 0 Å². The number of hydrogen-bond acceptors (Lipinski definition) is 6. The number of rotatable bonds is 6. The topological polar surface area (TPSA) is 38.7 Å². The minimum absolute atomic E-state index is 0.824. The average molecular weight is 816 g/mol. The zero-order chi connectivity index (χ0) is 24.2. The van der Waals surface area contributed by atoms with Gasteiger partial charge >= 0.3 is 226 Å². The summed E-state index contributed by atoms with van der Waals surface area (Å²) in [4.78, 5) is 40.7. The van der Waals surface area contributed by atoms with E-state index in [1.807, 2.05) is 34.0 Å². The Morgan fingerprint density at radius 3 is 0.848 bits per heavy atom. The van der Waals surface area contributed by atoms with E-state index in [1.165, 1.54) is 14.6 Å². The van der Waals surface area contributed by atoms with Crippen LogP contribution >= 0.6 is 34.0 Å². The number of aromatic nitrogens is 3. The van der Waals surface area contributed by atoms with E-state index in [0.717, 1.165) is 17.5 Å². The van der Waals surface area contributed by atoms with E-state index in [9.17, 15) is 0 Å². The van der Waals surface area contributed by atoms with Crippen molar-refractivity contribution in [2.24, 2.45) is 0 Å². The van der Waals surface area contributed by atoms with Crippen molar-refractivity contribution in [1.29, 1.82) is 0 Å². The molecule has 9 heteroatoms. The van der Waals surface area contributed by atoms with Crippen LogP contribution < -0.4 is 8.68 Å². The Balaban J connectivity index is 1.85. The van der Waals surface area contributed by atoms with Crippen LogP contribution in [-0.2, 0) is 0 Å². The number of hydrogen-bond donors (Lipinski definition) is 0. The molecule has 0 fully saturated rings. The Kier molecular flexibility index (Phi) is 7.85. The molecule has 3 nitrogen and oxygen atoms in total. The maximum atomic E-state index is 5.01. The van der Waals surface area contributed by atoms with E-state index >= 15 is 0 Å². The standard InChI is InChI=1S/C15H6N3S3.9CH3.3Sn/c1-4-10(19-7-1)13-16-14(11-5-2-8-20-11)18-15(17-13)12-6-3-9-21-12;;;;;;;;;;;;/h1-6H;9*1H3;;;. The van der Waals surface area contributed by atoms with Gasteiger partial charge in [0.05, 0.1) is 0 Å². The van der Waals surface area contributed by atoms with Crippen LogP contribution in [0.3, 0.4) is 0 Å². The SMILES string of the molecule is [CH3][Sn]([CH3])([CH3])[c]1ccc(-c2nc(-c3cc[c]([Sn]([CH3])([CH3])[CH3])s3)nc(-c3cc[c]([Sn]([CH3])([CH3])[CH3])s3)n2)s1. The summed E-state index contributed by atoms with van der Waals surface area (Å²) in [5, 5.41) is 0. The van der Waals surface area contributed by atoms with E-state index in [1.54, 1.807) is 8.68 Å². The molecule has 0 saturated carbocycles. The minimum atomic E-state index is -2.13. The van der Waals surface area contributed by atoms with Crippen LogP contribution in [0, 0.1) is 0 Å². The van der Waals surface area contributed by atoms with Crippen LogP contribution in [0.2, 0.25) is 44.5 Å². The fourth-order valence-corrected chi connectivity index (χ4v) is 22.0. The van der Waals surface area contributed by atoms with Crippen molar-refractivity contribution in [2.45, 2.75) is 44.5 Å². The Hall–Kier alpha value is 0.506. The van der Waals surface area contributed by atoms with Gasteiger partial charge in [0.1, 0.15) is 0 Å². The summed E-state index contributed by atoms with van der Waals surface area (Å²) in [6.07, 6.45) is 0. The van der Waals surface area contributed by atoms with Gasteiger partial charge in [-0.25, -0.2) is 0 Å². The molecule has 0 unspecified atom stereocenters. The monoisotopic (exact) mass is 819 g/mol. The van der Waals surface area contributed by atoms with Crippen molar-refractivity contribution in [3.63, 3.8) is 0 Å². The van der Waals surface area contributed by atoms with Crippen LogP contribution in [0.5, 0.6) is 0 Å². The molecule has 0 aliphatic carbocycles. The molecule has 0 spiro atoms. The van der Waals surface area contributed by atoms with Crippen molar-refractivity contribution in [3.05, 3.63) is 36.4 Å². The zero-order valence-corrected chi connectivity index (χ0v) is 32.0. The summed E-state index contributed by atoms with van der Waals surface area (Å²) < 4.78 is 4.68. The summed E-state index contributed by atoms with van der Waals surface area (Å²) in [6.45, 7) is 0. The predicted molar refractivity (Wildman–Crippen MR) is 159 cm³/mol. The van der Waals surface area contributed by atoms with E-state index in [4.69, 9.17) is 15.0 Å². The molecule has 0 atom stereocenters. The van der Waals surface area contributed by atoms with Gasteiger partial charge in [-0.05, 0) is 0 Å². The molecule has 33 heavy (non-hydrogen) atoms. The molecule has 0 amide bonds. The van der Waals surface area contributed by atoms with Crippen LogP contribution in [0.1, 0.15) is 0 Å². The summed E-state index contributed by atoms with van der Waals surface area (Å²) >= 11 is -0.733. The fourth-order valence-electron chi connectivity index (χ4n) is 3.29. The van der Waals surface area contributed by atoms with Gasteiger partial charge in [0.25, 0.3) is 0 Å². The van der Waals surface area contributed by atoms with Gasteiger partial charge in [-0.1, -0.05) is 0 Å². The second-order valence-electron chi connectivity index (χ2n) is 11.5. The van der Waals surface area contributed by atoms with E-state index in [-0.39, 0.29) is 0 Å². The third-order valence-corrected chi connectivity index (χ3v) is 37.0. The average Bonchev–Trinajstić information content (AvgIpc) is 3.46. The summed E-state index contributed by atoms with van der Waals surface area (Å²) in [7, 11) is 0. The Morgan fingerprint density at radius 1 is 0.424 bits per heavy atom. The second-order valence-corrected chi connectivity index (χ2v) is 61.0. The summed E-state index contributed by atoms with van der Waals surface area (Å²) in [6, 6.07) is 13.6. The first-order chi connectivity index (χ1) is 15.2. The first-order valence-electron chi connectivity index (χ1n) is 11.3. The first kappa shape index (κ1) is 26.6. The normalized spacial score (nSPS) is 13.0. The van der Waals surface area contributed by atoms with Crippen LogP contribution in [0.4, 0.5) is 0 Å². The summed E-state index contributed by atoms with van der Waals surface area (Å²) in [5.74, 6) is 2.47. The summed E-state index contributed by atoms with van der Waals surface area (Å²) in [5.41, 5.74) is 0. The van der Waals surface area contributed by atoms with Gasteiger partial charge in [0.15, 0.2) is 0 Å². The molecule has 4 rings (SSSR count). The number of nitrogens with zero attached hydrogens (tertiary/aromatic N) is 3. The van der Waals surface area contributed by atoms with Crippen molar-refractivity contribution in [2.75, 3.05) is 0 Å². The van der Waals surface area contributed by atoms with E-state index in [0.29, 0.717) is 0 Å². The molecule has 4 aromatic rings.